The predicted molar refractivity (Wildman–Crippen MR) is 130 cm³/mol. The first-order chi connectivity index (χ1) is 16.8. The second kappa shape index (κ2) is 10.4. The van der Waals surface area contributed by atoms with Crippen LogP contribution in [-0.4, -0.2) is 42.2 Å². The number of pyridine rings is 2. The zero-order chi connectivity index (χ0) is 25.0. The van der Waals surface area contributed by atoms with Crippen molar-refractivity contribution in [3.63, 3.8) is 0 Å². The highest BCUT2D eigenvalue weighted by Gasteiger charge is 2.33. The summed E-state index contributed by atoms with van der Waals surface area (Å²) in [7, 11) is 0. The zero-order valence-corrected chi connectivity index (χ0v) is 19.6. The van der Waals surface area contributed by atoms with Gasteiger partial charge < -0.3 is 15.0 Å². The second-order valence-corrected chi connectivity index (χ2v) is 8.06. The molecule has 1 aromatic carbocycles. The molecule has 0 atom stereocenters. The Morgan fingerprint density at radius 1 is 1.14 bits per heavy atom. The molecule has 0 radical (unpaired) electrons. The van der Waals surface area contributed by atoms with Gasteiger partial charge in [-0.25, -0.2) is 4.98 Å². The fourth-order valence-corrected chi connectivity index (χ4v) is 3.84. The number of aryl methyl sites for hydroxylation is 1. The number of hydrogen-bond acceptors (Lipinski definition) is 6. The minimum Gasteiger partial charge on any atom is -0.378 e. The number of halogens is 3. The van der Waals surface area contributed by atoms with Crippen molar-refractivity contribution in [1.82, 2.24) is 9.97 Å². The van der Waals surface area contributed by atoms with Crippen LogP contribution in [0.2, 0.25) is 0 Å². The first-order valence-corrected chi connectivity index (χ1v) is 11.1. The van der Waals surface area contributed by atoms with Gasteiger partial charge in [-0.05, 0) is 59.6 Å². The molecule has 1 N–H and O–H groups in total. The Labute approximate surface area is 205 Å². The Bertz CT molecular complexity index is 1310. The van der Waals surface area contributed by atoms with Crippen LogP contribution in [0.3, 0.4) is 0 Å². The van der Waals surface area contributed by atoms with Gasteiger partial charge in [0.25, 0.3) is 5.91 Å². The van der Waals surface area contributed by atoms with E-state index in [4.69, 9.17) is 4.74 Å². The third kappa shape index (κ3) is 5.75. The number of carbonyl (C=O) groups excluding carboxylic acids is 1. The summed E-state index contributed by atoms with van der Waals surface area (Å²) in [6.45, 7) is 4.53. The molecule has 1 aliphatic rings. The number of carbonyl (C=O) groups is 1. The smallest absolute Gasteiger partial charge is 0.378 e. The van der Waals surface area contributed by atoms with E-state index in [-0.39, 0.29) is 5.56 Å². The van der Waals surface area contributed by atoms with Gasteiger partial charge in [0.1, 0.15) is 11.4 Å². The van der Waals surface area contributed by atoms with Crippen molar-refractivity contribution >= 4 is 29.9 Å². The van der Waals surface area contributed by atoms with Gasteiger partial charge in [0.15, 0.2) is 0 Å². The topological polar surface area (TPSA) is 67.4 Å². The maximum Gasteiger partial charge on any atom is 0.433 e. The van der Waals surface area contributed by atoms with Crippen LogP contribution in [0.15, 0.2) is 48.8 Å². The summed E-state index contributed by atoms with van der Waals surface area (Å²) in [6.07, 6.45) is -1.97. The van der Waals surface area contributed by atoms with Crippen LogP contribution in [0.4, 0.5) is 24.5 Å². The lowest BCUT2D eigenvalue weighted by molar-refractivity contribution is -0.141. The monoisotopic (exact) mass is 498 g/mol. The molecular weight excluding hydrogens is 477 g/mol. The predicted octanol–water partition coefficient (Wildman–Crippen LogP) is 4.80. The van der Waals surface area contributed by atoms with Crippen molar-refractivity contribution < 1.29 is 22.7 Å². The van der Waals surface area contributed by atoms with Crippen molar-refractivity contribution in [2.75, 3.05) is 36.5 Å². The summed E-state index contributed by atoms with van der Waals surface area (Å²) in [5.74, 6) is 2.25. The van der Waals surface area contributed by atoms with E-state index in [1.165, 1.54) is 6.07 Å². The summed E-state index contributed by atoms with van der Waals surface area (Å²) in [6, 6.07) is 9.24. The highest BCUT2D eigenvalue weighted by Crippen LogP contribution is 2.32. The van der Waals surface area contributed by atoms with Gasteiger partial charge in [0.2, 0.25) is 0 Å². The summed E-state index contributed by atoms with van der Waals surface area (Å²) < 4.78 is 44.3. The Morgan fingerprint density at radius 3 is 2.63 bits per heavy atom. The molecule has 180 valence electrons. The lowest BCUT2D eigenvalue weighted by Gasteiger charge is -2.29. The van der Waals surface area contributed by atoms with Gasteiger partial charge in [-0.1, -0.05) is 18.7 Å². The maximum absolute atomic E-state index is 13.0. The third-order valence-electron chi connectivity index (χ3n) is 5.51. The SMILES string of the molecule is Cc1ccc(NC(=O)c2ccnc(C(F)(F)F)c2)cc1-c1cnc(C#CS)c(N2CCOCC2)c1. The number of nitrogens with one attached hydrogen (secondary N) is 1. The number of thiol groups is 1. The standard InChI is InChI=1S/C25H21F3N4O2S/c1-16-2-3-19(31-24(33)17-4-6-29-23(13-17)25(26,27)28)14-20(16)18-12-22(21(5-11-35)30-15-18)32-7-9-34-10-8-32/h2-4,6,12-15,35H,7-10H2,1H3,(H,31,33). The number of aromatic nitrogens is 2. The number of ether oxygens (including phenoxy) is 1. The number of hydrogen-bond donors (Lipinski definition) is 2. The summed E-state index contributed by atoms with van der Waals surface area (Å²) >= 11 is 4.00. The van der Waals surface area contributed by atoms with Crippen LogP contribution < -0.4 is 10.2 Å². The van der Waals surface area contributed by atoms with E-state index >= 15 is 0 Å². The summed E-state index contributed by atoms with van der Waals surface area (Å²) in [4.78, 5) is 22.6. The number of amides is 1. The molecule has 1 fully saturated rings. The third-order valence-corrected chi connectivity index (χ3v) is 5.62. The minimum atomic E-state index is -4.64. The van der Waals surface area contributed by atoms with E-state index in [1.54, 1.807) is 18.3 Å². The molecule has 10 heteroatoms. The average molecular weight is 499 g/mol. The van der Waals surface area contributed by atoms with Crippen molar-refractivity contribution in [3.8, 4) is 22.3 Å². The molecule has 2 aromatic heterocycles. The Balaban J connectivity index is 1.64. The molecule has 3 aromatic rings. The number of morpholine rings is 1. The molecule has 0 unspecified atom stereocenters. The number of alkyl halides is 3. The van der Waals surface area contributed by atoms with Crippen LogP contribution in [0.25, 0.3) is 11.1 Å². The van der Waals surface area contributed by atoms with Crippen molar-refractivity contribution in [3.05, 3.63) is 71.3 Å². The highest BCUT2D eigenvalue weighted by atomic mass is 32.1. The van der Waals surface area contributed by atoms with Crippen LogP contribution in [0, 0.1) is 18.1 Å². The van der Waals surface area contributed by atoms with E-state index in [1.807, 2.05) is 19.1 Å². The number of benzene rings is 1. The Kier molecular flexibility index (Phi) is 7.28. The van der Waals surface area contributed by atoms with Gasteiger partial charge in [-0.2, -0.15) is 13.2 Å². The second-order valence-electron chi connectivity index (χ2n) is 7.84. The molecule has 0 bridgehead atoms. The van der Waals surface area contributed by atoms with Crippen LogP contribution in [0.1, 0.15) is 27.3 Å². The quantitative estimate of drug-likeness (QED) is 0.400. The molecule has 4 rings (SSSR count). The lowest BCUT2D eigenvalue weighted by Crippen LogP contribution is -2.36. The first-order valence-electron chi connectivity index (χ1n) is 10.7. The van der Waals surface area contributed by atoms with Crippen molar-refractivity contribution in [2.24, 2.45) is 0 Å². The van der Waals surface area contributed by atoms with Crippen LogP contribution in [0.5, 0.6) is 0 Å². The zero-order valence-electron chi connectivity index (χ0n) is 18.7. The van der Waals surface area contributed by atoms with Gasteiger partial charge in [-0.15, -0.1) is 0 Å². The van der Waals surface area contributed by atoms with Crippen molar-refractivity contribution in [1.29, 1.82) is 0 Å². The highest BCUT2D eigenvalue weighted by molar-refractivity contribution is 7.85. The summed E-state index contributed by atoms with van der Waals surface area (Å²) in [5, 5.41) is 5.27. The van der Waals surface area contributed by atoms with Crippen LogP contribution in [-0.2, 0) is 10.9 Å². The van der Waals surface area contributed by atoms with E-state index in [0.29, 0.717) is 37.7 Å². The normalized spacial score (nSPS) is 13.7. The molecule has 0 aliphatic carbocycles. The maximum atomic E-state index is 13.0. The van der Waals surface area contributed by atoms with Crippen molar-refractivity contribution in [2.45, 2.75) is 13.1 Å². The molecule has 0 saturated carbocycles. The van der Waals surface area contributed by atoms with E-state index < -0.39 is 17.8 Å². The van der Waals surface area contributed by atoms with Gasteiger partial charge >= 0.3 is 6.18 Å². The molecule has 0 spiro atoms. The summed E-state index contributed by atoms with van der Waals surface area (Å²) in [5.41, 5.74) is 3.21. The first kappa shape index (κ1) is 24.6. The largest absolute Gasteiger partial charge is 0.433 e. The molecule has 1 saturated heterocycles. The molecule has 35 heavy (non-hydrogen) atoms. The molecule has 1 aliphatic heterocycles. The Morgan fingerprint density at radius 2 is 1.91 bits per heavy atom. The molecular formula is C25H21F3N4O2S. The fraction of sp³-hybridized carbons (Fsp3) is 0.240. The van der Waals surface area contributed by atoms with Gasteiger partial charge in [0, 0.05) is 42.3 Å². The van der Waals surface area contributed by atoms with Gasteiger partial charge in [-0.3, -0.25) is 9.78 Å². The van der Waals surface area contributed by atoms with Crippen LogP contribution >= 0.6 is 12.6 Å². The van der Waals surface area contributed by atoms with E-state index in [2.05, 4.69) is 44.0 Å². The minimum absolute atomic E-state index is 0.139. The number of rotatable bonds is 4. The molecule has 1 amide bonds. The lowest BCUT2D eigenvalue weighted by atomic mass is 10.00. The number of nitrogens with zero attached hydrogens (tertiary/aromatic N) is 3. The number of anilines is 2. The molecule has 6 nitrogen and oxygen atoms in total. The average Bonchev–Trinajstić information content (AvgIpc) is 2.86. The molecule has 3 heterocycles. The fourth-order valence-electron chi connectivity index (χ4n) is 3.74. The van der Waals surface area contributed by atoms with E-state index in [9.17, 15) is 18.0 Å². The van der Waals surface area contributed by atoms with Gasteiger partial charge in [0.05, 0.1) is 18.9 Å². The Hall–Kier alpha value is -3.55. The van der Waals surface area contributed by atoms with E-state index in [0.717, 1.165) is 34.6 Å².